The van der Waals surface area contributed by atoms with Crippen LogP contribution in [0.4, 0.5) is 0 Å². The first-order valence-electron chi connectivity index (χ1n) is 7.27. The number of amides is 2. The van der Waals surface area contributed by atoms with Gasteiger partial charge in [-0.3, -0.25) is 14.6 Å². The average molecular weight is 309 g/mol. The molecule has 2 N–H and O–H groups in total. The van der Waals surface area contributed by atoms with Crippen LogP contribution in [0.15, 0.2) is 36.7 Å². The van der Waals surface area contributed by atoms with E-state index in [1.54, 1.807) is 29.3 Å². The van der Waals surface area contributed by atoms with E-state index in [0.29, 0.717) is 36.5 Å². The van der Waals surface area contributed by atoms with E-state index in [2.05, 4.69) is 15.3 Å². The van der Waals surface area contributed by atoms with Gasteiger partial charge in [-0.2, -0.15) is 5.26 Å². The van der Waals surface area contributed by atoms with Gasteiger partial charge in [0.1, 0.15) is 17.5 Å². The Labute approximate surface area is 132 Å². The Hall–Kier alpha value is -3.14. The van der Waals surface area contributed by atoms with E-state index >= 15 is 0 Å². The van der Waals surface area contributed by atoms with Crippen molar-refractivity contribution >= 4 is 11.8 Å². The standard InChI is InChI=1S/C16H15N5O2/c17-8-11-7-14(19-9-11)15(22)20-12-4-6-21(10-12)16(23)13-3-1-2-5-18-13/h1-3,5,7,9,12,19H,4,6,10H2,(H,20,22)/t12-/m1/s1. The third-order valence-electron chi connectivity index (χ3n) is 3.75. The van der Waals surface area contributed by atoms with Crippen molar-refractivity contribution < 1.29 is 9.59 Å². The highest BCUT2D eigenvalue weighted by molar-refractivity contribution is 5.94. The Bertz CT molecular complexity index is 762. The molecule has 2 aromatic heterocycles. The molecule has 1 atom stereocenters. The number of hydrogen-bond donors (Lipinski definition) is 2. The topological polar surface area (TPSA) is 102 Å². The first kappa shape index (κ1) is 14.8. The summed E-state index contributed by atoms with van der Waals surface area (Å²) in [7, 11) is 0. The summed E-state index contributed by atoms with van der Waals surface area (Å²) < 4.78 is 0. The van der Waals surface area contributed by atoms with Crippen molar-refractivity contribution in [2.24, 2.45) is 0 Å². The predicted octanol–water partition coefficient (Wildman–Crippen LogP) is 0.926. The summed E-state index contributed by atoms with van der Waals surface area (Å²) in [6, 6.07) is 8.57. The van der Waals surface area contributed by atoms with Gasteiger partial charge in [-0.1, -0.05) is 6.07 Å². The van der Waals surface area contributed by atoms with Crippen molar-refractivity contribution in [3.8, 4) is 6.07 Å². The van der Waals surface area contributed by atoms with Gasteiger partial charge < -0.3 is 15.2 Å². The number of aromatic nitrogens is 2. The Morgan fingerprint density at radius 3 is 3.00 bits per heavy atom. The molecule has 0 aromatic carbocycles. The zero-order valence-electron chi connectivity index (χ0n) is 12.3. The second kappa shape index (κ2) is 6.32. The summed E-state index contributed by atoms with van der Waals surface area (Å²) in [5.41, 5.74) is 1.16. The minimum Gasteiger partial charge on any atom is -0.356 e. The predicted molar refractivity (Wildman–Crippen MR) is 81.5 cm³/mol. The Morgan fingerprint density at radius 1 is 1.43 bits per heavy atom. The van der Waals surface area contributed by atoms with Gasteiger partial charge in [0, 0.05) is 31.5 Å². The van der Waals surface area contributed by atoms with Crippen LogP contribution in [0.25, 0.3) is 0 Å². The number of hydrogen-bond acceptors (Lipinski definition) is 4. The summed E-state index contributed by atoms with van der Waals surface area (Å²) in [5, 5.41) is 11.6. The molecule has 1 fully saturated rings. The number of nitrogens with zero attached hydrogens (tertiary/aromatic N) is 3. The highest BCUT2D eigenvalue weighted by Crippen LogP contribution is 2.13. The molecule has 23 heavy (non-hydrogen) atoms. The summed E-state index contributed by atoms with van der Waals surface area (Å²) in [5.74, 6) is -0.405. The van der Waals surface area contributed by atoms with E-state index in [9.17, 15) is 9.59 Å². The second-order valence-electron chi connectivity index (χ2n) is 5.34. The van der Waals surface area contributed by atoms with Crippen LogP contribution in [0.5, 0.6) is 0 Å². The number of H-pyrrole nitrogens is 1. The number of carbonyl (C=O) groups is 2. The molecule has 3 heterocycles. The molecule has 7 nitrogen and oxygen atoms in total. The van der Waals surface area contributed by atoms with E-state index in [-0.39, 0.29) is 17.9 Å². The number of nitriles is 1. The summed E-state index contributed by atoms with van der Waals surface area (Å²) in [6.45, 7) is 1.03. The van der Waals surface area contributed by atoms with Crippen molar-refractivity contribution in [2.45, 2.75) is 12.5 Å². The van der Waals surface area contributed by atoms with Crippen molar-refractivity contribution in [3.63, 3.8) is 0 Å². The van der Waals surface area contributed by atoms with Crippen molar-refractivity contribution in [1.82, 2.24) is 20.2 Å². The van der Waals surface area contributed by atoms with E-state index in [0.717, 1.165) is 0 Å². The fraction of sp³-hybridized carbons (Fsp3) is 0.250. The molecule has 1 saturated heterocycles. The zero-order chi connectivity index (χ0) is 16.2. The minimum atomic E-state index is -0.274. The van der Waals surface area contributed by atoms with Crippen LogP contribution in [-0.2, 0) is 0 Å². The van der Waals surface area contributed by atoms with Gasteiger partial charge in [0.05, 0.1) is 5.56 Å². The molecule has 1 aliphatic rings. The molecule has 2 amide bonds. The minimum absolute atomic E-state index is 0.107. The summed E-state index contributed by atoms with van der Waals surface area (Å²) >= 11 is 0. The SMILES string of the molecule is N#Cc1c[nH]c(C(=O)N[C@@H]2CCN(C(=O)c3ccccn3)C2)c1. The molecule has 0 spiro atoms. The highest BCUT2D eigenvalue weighted by Gasteiger charge is 2.28. The molecule has 116 valence electrons. The Balaban J connectivity index is 1.59. The second-order valence-corrected chi connectivity index (χ2v) is 5.34. The number of rotatable bonds is 3. The van der Waals surface area contributed by atoms with Gasteiger partial charge in [-0.25, -0.2) is 0 Å². The van der Waals surface area contributed by atoms with Crippen LogP contribution in [0, 0.1) is 11.3 Å². The Kier molecular flexibility index (Phi) is 4.06. The van der Waals surface area contributed by atoms with E-state index < -0.39 is 0 Å². The fourth-order valence-electron chi connectivity index (χ4n) is 2.57. The smallest absolute Gasteiger partial charge is 0.272 e. The van der Waals surface area contributed by atoms with Crippen LogP contribution >= 0.6 is 0 Å². The lowest BCUT2D eigenvalue weighted by atomic mass is 10.2. The number of aromatic amines is 1. The zero-order valence-corrected chi connectivity index (χ0v) is 12.3. The molecule has 0 saturated carbocycles. The van der Waals surface area contributed by atoms with Crippen LogP contribution in [-0.4, -0.2) is 45.8 Å². The molecule has 3 rings (SSSR count). The van der Waals surface area contributed by atoms with Crippen LogP contribution in [0.3, 0.4) is 0 Å². The maximum Gasteiger partial charge on any atom is 0.272 e. The molecule has 1 aliphatic heterocycles. The lowest BCUT2D eigenvalue weighted by Gasteiger charge is -2.16. The monoisotopic (exact) mass is 309 g/mol. The van der Waals surface area contributed by atoms with Gasteiger partial charge in [0.15, 0.2) is 0 Å². The maximum absolute atomic E-state index is 12.3. The quantitative estimate of drug-likeness (QED) is 0.880. The van der Waals surface area contributed by atoms with Gasteiger partial charge in [0.2, 0.25) is 0 Å². The molecule has 0 bridgehead atoms. The van der Waals surface area contributed by atoms with Gasteiger partial charge in [-0.15, -0.1) is 0 Å². The normalized spacial score (nSPS) is 16.8. The molecule has 2 aromatic rings. The van der Waals surface area contributed by atoms with Crippen LogP contribution in [0.1, 0.15) is 33.0 Å². The molecular weight excluding hydrogens is 294 g/mol. The molecule has 0 radical (unpaired) electrons. The van der Waals surface area contributed by atoms with Gasteiger partial charge >= 0.3 is 0 Å². The molecule has 0 unspecified atom stereocenters. The molecule has 0 aliphatic carbocycles. The molecular formula is C16H15N5O2. The number of carbonyl (C=O) groups excluding carboxylic acids is 2. The number of pyridine rings is 1. The van der Waals surface area contributed by atoms with Crippen molar-refractivity contribution in [1.29, 1.82) is 5.26 Å². The number of nitrogens with one attached hydrogen (secondary N) is 2. The average Bonchev–Trinajstić information content (AvgIpc) is 3.24. The third kappa shape index (κ3) is 3.21. The first-order chi connectivity index (χ1) is 11.2. The Morgan fingerprint density at radius 2 is 2.30 bits per heavy atom. The number of likely N-dealkylation sites (tertiary alicyclic amines) is 1. The van der Waals surface area contributed by atoms with Gasteiger partial charge in [-0.05, 0) is 24.6 Å². The maximum atomic E-state index is 12.3. The van der Waals surface area contributed by atoms with E-state index in [1.807, 2.05) is 6.07 Å². The summed E-state index contributed by atoms with van der Waals surface area (Å²) in [6.07, 6.45) is 3.76. The molecule has 7 heteroatoms. The van der Waals surface area contributed by atoms with E-state index in [4.69, 9.17) is 5.26 Å². The summed E-state index contributed by atoms with van der Waals surface area (Å²) in [4.78, 5) is 32.9. The van der Waals surface area contributed by atoms with Gasteiger partial charge in [0.25, 0.3) is 11.8 Å². The fourth-order valence-corrected chi connectivity index (χ4v) is 2.57. The van der Waals surface area contributed by atoms with Crippen LogP contribution < -0.4 is 5.32 Å². The highest BCUT2D eigenvalue weighted by atomic mass is 16.2. The largest absolute Gasteiger partial charge is 0.356 e. The van der Waals surface area contributed by atoms with Crippen LogP contribution in [0.2, 0.25) is 0 Å². The van der Waals surface area contributed by atoms with Crippen molar-refractivity contribution in [3.05, 3.63) is 53.6 Å². The lowest BCUT2D eigenvalue weighted by Crippen LogP contribution is -2.38. The lowest BCUT2D eigenvalue weighted by molar-refractivity contribution is 0.0777. The van der Waals surface area contributed by atoms with E-state index in [1.165, 1.54) is 12.3 Å². The third-order valence-corrected chi connectivity index (χ3v) is 3.75. The van der Waals surface area contributed by atoms with Crippen molar-refractivity contribution in [2.75, 3.05) is 13.1 Å². The first-order valence-corrected chi connectivity index (χ1v) is 7.27.